The van der Waals surface area contributed by atoms with Crippen LogP contribution in [0.4, 0.5) is 5.69 Å². The van der Waals surface area contributed by atoms with Crippen molar-refractivity contribution in [2.45, 2.75) is 76.2 Å². The third kappa shape index (κ3) is 18.0. The Morgan fingerprint density at radius 2 is 0.531 bits per heavy atom. The van der Waals surface area contributed by atoms with Crippen LogP contribution < -0.4 is 18.9 Å². The minimum absolute atomic E-state index is 0.113. The van der Waals surface area contributed by atoms with Gasteiger partial charge in [-0.15, -0.1) is 0 Å². The SMILES string of the molecule is C=C/C(=C\C)N=C=C(c1ccccc1)c1cc(C)c(OCC(COc2c(C)cc(C(=C=N/C(C=C)=C/C)c3ccccc3)cc2C)(COc2c(C)cc(C(=C=N/C(C=C)=C/C)c3ccccc3)cc2C)COc2c(C)cc(C(=C=Nc3ccccc3)c3ccccc3)cc2C)c(C)c1. The fourth-order valence-corrected chi connectivity index (χ4v) is 11.7. The monoisotopic (exact) mass is 1290 g/mol. The predicted molar refractivity (Wildman–Crippen MR) is 412 cm³/mol. The molecule has 8 heteroatoms. The molecule has 98 heavy (non-hydrogen) atoms. The van der Waals surface area contributed by atoms with Gasteiger partial charge in [0, 0.05) is 0 Å². The van der Waals surface area contributed by atoms with Gasteiger partial charge >= 0.3 is 0 Å². The summed E-state index contributed by atoms with van der Waals surface area (Å²) in [6.45, 7) is 34.9. The van der Waals surface area contributed by atoms with E-state index >= 15 is 0 Å². The van der Waals surface area contributed by atoms with Crippen molar-refractivity contribution in [3.8, 4) is 23.0 Å². The number of ether oxygens (including phenoxy) is 4. The van der Waals surface area contributed by atoms with E-state index in [-0.39, 0.29) is 26.4 Å². The molecule has 0 heterocycles. The Balaban J connectivity index is 1.20. The first-order valence-electron chi connectivity index (χ1n) is 33.0. The lowest BCUT2D eigenvalue weighted by molar-refractivity contribution is -0.00484. The highest BCUT2D eigenvalue weighted by Gasteiger charge is 2.38. The van der Waals surface area contributed by atoms with Crippen molar-refractivity contribution < 1.29 is 18.9 Å². The molecule has 0 unspecified atom stereocenters. The fourth-order valence-electron chi connectivity index (χ4n) is 11.7. The van der Waals surface area contributed by atoms with Gasteiger partial charge in [0.15, 0.2) is 0 Å². The molecule has 0 bridgehead atoms. The molecule has 0 aliphatic heterocycles. The van der Waals surface area contributed by atoms with Crippen LogP contribution in [0, 0.1) is 60.8 Å². The Morgan fingerprint density at radius 3 is 0.745 bits per heavy atom. The van der Waals surface area contributed by atoms with E-state index in [9.17, 15) is 0 Å². The maximum atomic E-state index is 7.35. The summed E-state index contributed by atoms with van der Waals surface area (Å²) in [5.41, 5.74) is 20.4. The summed E-state index contributed by atoms with van der Waals surface area (Å²) in [6.07, 6.45) is 10.9. The van der Waals surface area contributed by atoms with E-state index in [1.54, 1.807) is 18.2 Å². The summed E-state index contributed by atoms with van der Waals surface area (Å²) in [5.74, 6) is 16.5. The van der Waals surface area contributed by atoms with Crippen LogP contribution >= 0.6 is 0 Å². The topological polar surface area (TPSA) is 86.4 Å². The molecule has 490 valence electrons. The normalized spacial score (nSPS) is 11.8. The third-order valence-electron chi connectivity index (χ3n) is 16.8. The van der Waals surface area contributed by atoms with Gasteiger partial charge in [-0.1, -0.05) is 177 Å². The zero-order chi connectivity index (χ0) is 69.6. The zero-order valence-corrected chi connectivity index (χ0v) is 58.4. The maximum absolute atomic E-state index is 7.35. The molecule has 0 amide bonds. The Bertz CT molecular complexity index is 4310. The first-order valence-corrected chi connectivity index (χ1v) is 33.0. The van der Waals surface area contributed by atoms with E-state index < -0.39 is 5.41 Å². The smallest absolute Gasteiger partial charge is 0.125 e. The Hall–Kier alpha value is -11.6. The van der Waals surface area contributed by atoms with Gasteiger partial charge in [0.05, 0.1) is 45.1 Å². The van der Waals surface area contributed by atoms with Crippen molar-refractivity contribution in [3.05, 3.63) is 362 Å². The van der Waals surface area contributed by atoms with Crippen molar-refractivity contribution in [3.63, 3.8) is 0 Å². The van der Waals surface area contributed by atoms with E-state index in [1.165, 1.54) is 0 Å². The summed E-state index contributed by atoms with van der Waals surface area (Å²) < 4.78 is 29.4. The van der Waals surface area contributed by atoms with Crippen LogP contribution in [0.3, 0.4) is 0 Å². The van der Waals surface area contributed by atoms with Crippen LogP contribution in [0.5, 0.6) is 23.0 Å². The maximum Gasteiger partial charge on any atom is 0.125 e. The van der Waals surface area contributed by atoms with Crippen molar-refractivity contribution in [1.29, 1.82) is 0 Å². The van der Waals surface area contributed by atoms with E-state index in [0.717, 1.165) is 157 Å². The van der Waals surface area contributed by atoms with Gasteiger partial charge in [-0.3, -0.25) is 0 Å². The number of rotatable bonds is 27. The van der Waals surface area contributed by atoms with Crippen LogP contribution in [-0.2, 0) is 0 Å². The molecule has 0 spiro atoms. The van der Waals surface area contributed by atoms with Gasteiger partial charge < -0.3 is 18.9 Å². The number of para-hydroxylation sites is 1. The Morgan fingerprint density at radius 1 is 0.316 bits per heavy atom. The second-order valence-electron chi connectivity index (χ2n) is 24.4. The van der Waals surface area contributed by atoms with Crippen LogP contribution in [0.25, 0.3) is 22.3 Å². The highest BCUT2D eigenvalue weighted by Crippen LogP contribution is 2.39. The number of allylic oxidation sites excluding steroid dienone is 6. The summed E-state index contributed by atoms with van der Waals surface area (Å²) in [7, 11) is 0. The van der Waals surface area contributed by atoms with Gasteiger partial charge in [0.2, 0.25) is 0 Å². The standard InChI is InChI=1S/C90H86N4O4/c1-15-78(16-2)91-54-82(70-36-26-21-27-37-70)74-46-62(7)86(63(8)47-74)95-58-90(59-96-87-64(9)48-75(49-65(87)10)83(55-92-79(17-3)18-4)71-38-28-22-29-39-71,60-97-88-66(11)50-76(51-67(88)12)84(56-93-80(19-5)20-6)72-40-30-23-31-41-72)61-98-89-68(13)52-77(53-69(89)14)85(73-42-32-24-33-43-73)57-94-81-44-34-25-35-45-81/h15-53H,1,3,5,58-61H2,2,4,6-14H3/b78-16+,79-18+,80-20+. The zero-order valence-electron chi connectivity index (χ0n) is 58.4. The number of hydrogen-bond donors (Lipinski definition) is 0. The molecule has 9 aromatic carbocycles. The quantitative estimate of drug-likeness (QED) is 0.0379. The molecule has 9 rings (SSSR count). The summed E-state index contributed by atoms with van der Waals surface area (Å²) in [4.78, 5) is 19.0. The molecule has 0 atom stereocenters. The molecule has 0 saturated heterocycles. The fraction of sp³-hybridized carbons (Fsp3) is 0.178. The average Bonchev–Trinajstić information content (AvgIpc) is 0.841. The highest BCUT2D eigenvalue weighted by atomic mass is 16.5. The minimum Gasteiger partial charge on any atom is -0.492 e. The van der Waals surface area contributed by atoms with E-state index in [1.807, 2.05) is 142 Å². The highest BCUT2D eigenvalue weighted by molar-refractivity contribution is 6.02. The predicted octanol–water partition coefficient (Wildman–Crippen LogP) is 21.8. The number of hydrogen-bond acceptors (Lipinski definition) is 8. The lowest BCUT2D eigenvalue weighted by Crippen LogP contribution is -2.46. The van der Waals surface area contributed by atoms with Crippen molar-refractivity contribution in [2.75, 3.05) is 26.4 Å². The first-order chi connectivity index (χ1) is 47.6. The van der Waals surface area contributed by atoms with Gasteiger partial charge in [-0.25, -0.2) is 20.0 Å². The van der Waals surface area contributed by atoms with E-state index in [4.69, 9.17) is 38.9 Å². The number of aliphatic imine (C=N–C) groups is 4. The average molecular weight is 1290 g/mol. The molecule has 0 fully saturated rings. The van der Waals surface area contributed by atoms with E-state index in [0.29, 0.717) is 0 Å². The lowest BCUT2D eigenvalue weighted by Gasteiger charge is -2.35. The summed E-state index contributed by atoms with van der Waals surface area (Å²) >= 11 is 0. The van der Waals surface area contributed by atoms with Crippen molar-refractivity contribution in [2.24, 2.45) is 25.4 Å². The summed E-state index contributed by atoms with van der Waals surface area (Å²) in [6, 6.07) is 67.9. The van der Waals surface area contributed by atoms with Crippen LogP contribution in [-0.4, -0.2) is 49.9 Å². The number of nitrogens with zero attached hydrogens (tertiary/aromatic N) is 4. The molecule has 0 N–H and O–H groups in total. The molecule has 0 aromatic heterocycles. The molecule has 0 radical (unpaired) electrons. The molecule has 9 aromatic rings. The Kier molecular flexibility index (Phi) is 24.7. The minimum atomic E-state index is -1.03. The van der Waals surface area contributed by atoms with Crippen LogP contribution in [0.2, 0.25) is 0 Å². The third-order valence-corrected chi connectivity index (χ3v) is 16.8. The number of aryl methyl sites for hydroxylation is 8. The largest absolute Gasteiger partial charge is 0.492 e. The van der Waals surface area contributed by atoms with Crippen LogP contribution in [0.1, 0.15) is 110 Å². The van der Waals surface area contributed by atoms with Gasteiger partial charge in [0.25, 0.3) is 0 Å². The molecule has 8 nitrogen and oxygen atoms in total. The second-order valence-corrected chi connectivity index (χ2v) is 24.4. The first kappa shape index (κ1) is 70.7. The molecular weight excluding hydrogens is 1200 g/mol. The molecule has 0 aliphatic carbocycles. The van der Waals surface area contributed by atoms with Crippen molar-refractivity contribution in [1.82, 2.24) is 0 Å². The van der Waals surface area contributed by atoms with Crippen LogP contribution in [0.15, 0.2) is 293 Å². The second kappa shape index (κ2) is 34.2. The van der Waals surface area contributed by atoms with Crippen molar-refractivity contribution >= 4 is 51.5 Å². The van der Waals surface area contributed by atoms with Gasteiger partial charge in [-0.2, -0.15) is 0 Å². The van der Waals surface area contributed by atoms with Gasteiger partial charge in [-0.05, 0) is 268 Å². The molecular formula is C90H86N4O4. The Labute approximate surface area is 580 Å². The van der Waals surface area contributed by atoms with Gasteiger partial charge in [0.1, 0.15) is 54.8 Å². The molecule has 0 saturated carbocycles. The molecule has 0 aliphatic rings. The lowest BCUT2D eigenvalue weighted by atomic mass is 9.90. The number of benzene rings is 9. The summed E-state index contributed by atoms with van der Waals surface area (Å²) in [5, 5.41) is 0. The van der Waals surface area contributed by atoms with E-state index in [2.05, 4.69) is 196 Å².